The molecule has 0 amide bonds. The number of aliphatic hydroxyl groups excluding tert-OH is 1. The Bertz CT molecular complexity index is 204. The predicted molar refractivity (Wildman–Crippen MR) is 51.6 cm³/mol. The number of aliphatic hydroxyl groups is 1. The molecular weight excluding hydrogens is 168 g/mol. The monoisotopic (exact) mass is 184 g/mol. The van der Waals surface area contributed by atoms with Gasteiger partial charge in [-0.05, 0) is 18.9 Å². The largest absolute Gasteiger partial charge is 0.508 e. The van der Waals surface area contributed by atoms with Gasteiger partial charge in [0.1, 0.15) is 5.76 Å². The second-order valence-electron chi connectivity index (χ2n) is 2.81. The minimum absolute atomic E-state index is 0.205. The van der Waals surface area contributed by atoms with Gasteiger partial charge in [-0.1, -0.05) is 25.8 Å². The number of carboxylic acid groups (broad SMARTS) is 1. The molecule has 3 heteroatoms. The van der Waals surface area contributed by atoms with Gasteiger partial charge in [-0.2, -0.15) is 0 Å². The Balaban J connectivity index is 3.65. The van der Waals surface area contributed by atoms with Gasteiger partial charge >= 0.3 is 5.97 Å². The van der Waals surface area contributed by atoms with Crippen LogP contribution in [0.15, 0.2) is 24.0 Å². The van der Waals surface area contributed by atoms with Crippen LogP contribution in [0.1, 0.15) is 32.6 Å². The van der Waals surface area contributed by atoms with Crippen LogP contribution in [0.2, 0.25) is 0 Å². The molecule has 3 nitrogen and oxygen atoms in total. The molecule has 0 aromatic carbocycles. The van der Waals surface area contributed by atoms with Crippen LogP contribution in [0.5, 0.6) is 0 Å². The third-order valence-corrected chi connectivity index (χ3v) is 1.53. The van der Waals surface area contributed by atoms with E-state index in [4.69, 9.17) is 10.2 Å². The number of carboxylic acids is 1. The second kappa shape index (κ2) is 7.40. The van der Waals surface area contributed by atoms with E-state index in [1.807, 2.05) is 0 Å². The van der Waals surface area contributed by atoms with Crippen molar-refractivity contribution in [3.8, 4) is 0 Å². The summed E-state index contributed by atoms with van der Waals surface area (Å²) < 4.78 is 0. The van der Waals surface area contributed by atoms with Crippen molar-refractivity contribution in [2.24, 2.45) is 0 Å². The summed E-state index contributed by atoms with van der Waals surface area (Å²) in [4.78, 5) is 10.1. The first-order valence-corrected chi connectivity index (χ1v) is 4.47. The zero-order valence-corrected chi connectivity index (χ0v) is 7.86. The standard InChI is InChI=1S/C10H16O3/c1-2-3-4-5-6-7-9(11)8-10(12)13/h6-8,11H,2-5H2,1H3,(H,12,13)/b7-6+,9-8-. The van der Waals surface area contributed by atoms with Gasteiger partial charge in [0.25, 0.3) is 0 Å². The lowest BCUT2D eigenvalue weighted by molar-refractivity contribution is -0.131. The van der Waals surface area contributed by atoms with Crippen LogP contribution in [-0.4, -0.2) is 16.2 Å². The number of aliphatic carboxylic acids is 1. The first kappa shape index (κ1) is 11.8. The SMILES string of the molecule is CCCCC/C=C/C(O)=C/C(=O)O. The van der Waals surface area contributed by atoms with Crippen molar-refractivity contribution < 1.29 is 15.0 Å². The fraction of sp³-hybridized carbons (Fsp3) is 0.500. The smallest absolute Gasteiger partial charge is 0.332 e. The van der Waals surface area contributed by atoms with E-state index in [9.17, 15) is 4.79 Å². The van der Waals surface area contributed by atoms with Crippen LogP contribution in [0.4, 0.5) is 0 Å². The van der Waals surface area contributed by atoms with Gasteiger partial charge in [-0.3, -0.25) is 0 Å². The maximum Gasteiger partial charge on any atom is 0.332 e. The summed E-state index contributed by atoms with van der Waals surface area (Å²) in [7, 11) is 0. The van der Waals surface area contributed by atoms with Crippen molar-refractivity contribution in [2.45, 2.75) is 32.6 Å². The van der Waals surface area contributed by atoms with E-state index in [1.54, 1.807) is 6.08 Å². The van der Waals surface area contributed by atoms with Gasteiger partial charge in [0.2, 0.25) is 0 Å². The summed E-state index contributed by atoms with van der Waals surface area (Å²) in [5, 5.41) is 17.2. The topological polar surface area (TPSA) is 57.5 Å². The zero-order valence-electron chi connectivity index (χ0n) is 7.86. The van der Waals surface area contributed by atoms with Crippen molar-refractivity contribution in [3.05, 3.63) is 24.0 Å². The van der Waals surface area contributed by atoms with Gasteiger partial charge < -0.3 is 10.2 Å². The molecule has 2 N–H and O–H groups in total. The Kier molecular flexibility index (Phi) is 6.69. The molecule has 0 aliphatic heterocycles. The second-order valence-corrected chi connectivity index (χ2v) is 2.81. The van der Waals surface area contributed by atoms with E-state index in [0.717, 1.165) is 31.8 Å². The van der Waals surface area contributed by atoms with E-state index < -0.39 is 5.97 Å². The van der Waals surface area contributed by atoms with Crippen LogP contribution >= 0.6 is 0 Å². The van der Waals surface area contributed by atoms with Gasteiger partial charge in [0, 0.05) is 0 Å². The number of unbranched alkanes of at least 4 members (excludes halogenated alkanes) is 3. The molecule has 0 aromatic heterocycles. The first-order chi connectivity index (χ1) is 6.16. The average molecular weight is 184 g/mol. The fourth-order valence-electron chi connectivity index (χ4n) is 0.891. The van der Waals surface area contributed by atoms with Crippen molar-refractivity contribution in [2.75, 3.05) is 0 Å². The molecule has 0 heterocycles. The van der Waals surface area contributed by atoms with Crippen LogP contribution in [0, 0.1) is 0 Å². The summed E-state index contributed by atoms with van der Waals surface area (Å²) in [6.07, 6.45) is 8.25. The minimum atomic E-state index is -1.13. The quantitative estimate of drug-likeness (QED) is 0.289. The van der Waals surface area contributed by atoms with Gasteiger partial charge in [0.15, 0.2) is 0 Å². The minimum Gasteiger partial charge on any atom is -0.508 e. The lowest BCUT2D eigenvalue weighted by atomic mass is 10.2. The summed E-state index contributed by atoms with van der Waals surface area (Å²) in [6.45, 7) is 2.12. The summed E-state index contributed by atoms with van der Waals surface area (Å²) in [6, 6.07) is 0. The third kappa shape index (κ3) is 8.66. The maximum absolute atomic E-state index is 10.1. The lowest BCUT2D eigenvalue weighted by Crippen LogP contribution is -1.89. The Labute approximate surface area is 78.4 Å². The molecule has 0 saturated carbocycles. The molecule has 74 valence electrons. The fourth-order valence-corrected chi connectivity index (χ4v) is 0.891. The first-order valence-electron chi connectivity index (χ1n) is 4.47. The molecule has 0 aliphatic rings. The molecule has 0 saturated heterocycles. The number of allylic oxidation sites excluding steroid dienone is 2. The average Bonchev–Trinajstić information content (AvgIpc) is 2.02. The zero-order chi connectivity index (χ0) is 10.1. The normalized spacial score (nSPS) is 12.2. The van der Waals surface area contributed by atoms with E-state index >= 15 is 0 Å². The van der Waals surface area contributed by atoms with Gasteiger partial charge in [0.05, 0.1) is 6.08 Å². The Morgan fingerprint density at radius 1 is 1.31 bits per heavy atom. The highest BCUT2D eigenvalue weighted by Crippen LogP contribution is 2.01. The van der Waals surface area contributed by atoms with Crippen LogP contribution in [-0.2, 0) is 4.79 Å². The van der Waals surface area contributed by atoms with E-state index in [0.29, 0.717) is 0 Å². The highest BCUT2D eigenvalue weighted by atomic mass is 16.4. The van der Waals surface area contributed by atoms with Crippen LogP contribution < -0.4 is 0 Å². The molecule has 0 aliphatic carbocycles. The van der Waals surface area contributed by atoms with Crippen molar-refractivity contribution in [3.63, 3.8) is 0 Å². The van der Waals surface area contributed by atoms with Gasteiger partial charge in [-0.15, -0.1) is 0 Å². The Hall–Kier alpha value is -1.25. The highest BCUT2D eigenvalue weighted by molar-refractivity contribution is 5.80. The maximum atomic E-state index is 10.1. The van der Waals surface area contributed by atoms with E-state index in [-0.39, 0.29) is 5.76 Å². The van der Waals surface area contributed by atoms with Crippen molar-refractivity contribution in [1.29, 1.82) is 0 Å². The molecule has 0 radical (unpaired) electrons. The molecule has 0 atom stereocenters. The van der Waals surface area contributed by atoms with Gasteiger partial charge in [-0.25, -0.2) is 4.79 Å². The number of rotatable bonds is 6. The predicted octanol–water partition coefficient (Wildman–Crippen LogP) is 2.65. The third-order valence-electron chi connectivity index (χ3n) is 1.53. The number of carbonyl (C=O) groups is 1. The summed E-state index contributed by atoms with van der Waals surface area (Å²) >= 11 is 0. The Morgan fingerprint density at radius 2 is 2.00 bits per heavy atom. The molecule has 0 spiro atoms. The van der Waals surface area contributed by atoms with E-state index in [1.165, 1.54) is 6.08 Å². The lowest BCUT2D eigenvalue weighted by Gasteiger charge is -1.91. The molecular formula is C10H16O3. The van der Waals surface area contributed by atoms with Crippen LogP contribution in [0.3, 0.4) is 0 Å². The number of hydrogen-bond donors (Lipinski definition) is 2. The molecule has 0 unspecified atom stereocenters. The summed E-state index contributed by atoms with van der Waals surface area (Å²) in [5.74, 6) is -1.33. The molecule has 13 heavy (non-hydrogen) atoms. The van der Waals surface area contributed by atoms with Crippen LogP contribution in [0.25, 0.3) is 0 Å². The molecule has 0 bridgehead atoms. The number of hydrogen-bond acceptors (Lipinski definition) is 2. The van der Waals surface area contributed by atoms with E-state index in [2.05, 4.69) is 6.92 Å². The highest BCUT2D eigenvalue weighted by Gasteiger charge is 1.91. The molecule has 0 rings (SSSR count). The Morgan fingerprint density at radius 3 is 2.54 bits per heavy atom. The molecule has 0 fully saturated rings. The van der Waals surface area contributed by atoms with Crippen molar-refractivity contribution in [1.82, 2.24) is 0 Å². The summed E-state index contributed by atoms with van der Waals surface area (Å²) in [5.41, 5.74) is 0. The molecule has 0 aromatic rings. The van der Waals surface area contributed by atoms with Crippen molar-refractivity contribution >= 4 is 5.97 Å².